The zero-order valence-electron chi connectivity index (χ0n) is 17.1. The maximum atomic E-state index is 13.4. The Kier molecular flexibility index (Phi) is 7.29. The van der Waals surface area contributed by atoms with Gasteiger partial charge in [-0.2, -0.15) is 26.3 Å². The topological polar surface area (TPSA) is 52.6 Å². The summed E-state index contributed by atoms with van der Waals surface area (Å²) in [6, 6.07) is 16.8. The number of alkyl halides is 6. The maximum absolute atomic E-state index is 13.4. The Hall–Kier alpha value is -3.82. The van der Waals surface area contributed by atoms with Gasteiger partial charge >= 0.3 is 24.3 Å². The maximum Gasteiger partial charge on any atom is 0.429 e. The van der Waals surface area contributed by atoms with E-state index in [1.54, 1.807) is 0 Å². The van der Waals surface area contributed by atoms with Crippen molar-refractivity contribution in [1.82, 2.24) is 0 Å². The molecule has 0 N–H and O–H groups in total. The summed E-state index contributed by atoms with van der Waals surface area (Å²) in [5.41, 5.74) is -1.25. The molecule has 0 heterocycles. The molecule has 0 radical (unpaired) electrons. The second-order valence-corrected chi connectivity index (χ2v) is 7.05. The molecule has 0 spiro atoms. The number of esters is 2. The lowest BCUT2D eigenvalue weighted by Crippen LogP contribution is -2.26. The summed E-state index contributed by atoms with van der Waals surface area (Å²) < 4.78 is 89.5. The largest absolute Gasteiger partial charge is 0.444 e. The van der Waals surface area contributed by atoms with Crippen molar-refractivity contribution < 1.29 is 45.4 Å². The van der Waals surface area contributed by atoms with Crippen molar-refractivity contribution in [3.05, 3.63) is 107 Å². The standard InChI is InChI=1S/C24H16F6O4/c25-23(26,27)19(15-7-3-1-4-8-15)33-21(31)17-11-13-18(14-12-17)22(32)34-20(24(28,29)30)16-9-5-2-6-10-16/h1-14,19-20H. The van der Waals surface area contributed by atoms with Gasteiger partial charge in [0.1, 0.15) is 0 Å². The van der Waals surface area contributed by atoms with Crippen molar-refractivity contribution in [2.75, 3.05) is 0 Å². The van der Waals surface area contributed by atoms with Crippen LogP contribution in [0.1, 0.15) is 44.1 Å². The van der Waals surface area contributed by atoms with Gasteiger partial charge in [0, 0.05) is 11.1 Å². The lowest BCUT2D eigenvalue weighted by atomic mass is 10.1. The van der Waals surface area contributed by atoms with Crippen LogP contribution in [-0.2, 0) is 9.47 Å². The van der Waals surface area contributed by atoms with Crippen LogP contribution in [-0.4, -0.2) is 24.3 Å². The molecule has 178 valence electrons. The summed E-state index contributed by atoms with van der Waals surface area (Å²) in [6.45, 7) is 0. The average Bonchev–Trinajstić information content (AvgIpc) is 2.80. The van der Waals surface area contributed by atoms with Crippen molar-refractivity contribution in [3.8, 4) is 0 Å². The monoisotopic (exact) mass is 482 g/mol. The Labute approximate surface area is 189 Å². The van der Waals surface area contributed by atoms with E-state index in [4.69, 9.17) is 0 Å². The molecule has 2 unspecified atom stereocenters. The third kappa shape index (κ3) is 6.15. The molecular formula is C24H16F6O4. The second-order valence-electron chi connectivity index (χ2n) is 7.05. The van der Waals surface area contributed by atoms with E-state index in [1.165, 1.54) is 36.4 Å². The van der Waals surface area contributed by atoms with E-state index < -0.39 is 36.5 Å². The molecule has 34 heavy (non-hydrogen) atoms. The van der Waals surface area contributed by atoms with E-state index in [1.807, 2.05) is 0 Å². The summed E-state index contributed by atoms with van der Waals surface area (Å²) in [7, 11) is 0. The zero-order chi connectivity index (χ0) is 24.9. The van der Waals surface area contributed by atoms with Crippen LogP contribution >= 0.6 is 0 Å². The van der Waals surface area contributed by atoms with E-state index in [0.717, 1.165) is 48.5 Å². The summed E-state index contributed by atoms with van der Waals surface area (Å²) in [5, 5.41) is 0. The van der Waals surface area contributed by atoms with Crippen LogP contribution in [0, 0.1) is 0 Å². The third-order valence-corrected chi connectivity index (χ3v) is 4.61. The molecule has 2 atom stereocenters. The van der Waals surface area contributed by atoms with Crippen LogP contribution in [0.5, 0.6) is 0 Å². The molecule has 0 aliphatic heterocycles. The fraction of sp³-hybridized carbons (Fsp3) is 0.167. The van der Waals surface area contributed by atoms with Gasteiger partial charge in [0.25, 0.3) is 0 Å². The Balaban J connectivity index is 1.74. The van der Waals surface area contributed by atoms with Crippen molar-refractivity contribution in [3.63, 3.8) is 0 Å². The number of hydrogen-bond donors (Lipinski definition) is 0. The first kappa shape index (κ1) is 24.8. The minimum absolute atomic E-state index is 0.289. The third-order valence-electron chi connectivity index (χ3n) is 4.61. The van der Waals surface area contributed by atoms with E-state index in [2.05, 4.69) is 9.47 Å². The van der Waals surface area contributed by atoms with Crippen LogP contribution in [0.4, 0.5) is 26.3 Å². The molecular weight excluding hydrogens is 466 g/mol. The molecule has 0 amide bonds. The van der Waals surface area contributed by atoms with Gasteiger partial charge in [-0.1, -0.05) is 60.7 Å². The van der Waals surface area contributed by atoms with Gasteiger partial charge in [0.05, 0.1) is 11.1 Å². The molecule has 0 aliphatic rings. The van der Waals surface area contributed by atoms with Gasteiger partial charge in [0.2, 0.25) is 12.2 Å². The lowest BCUT2D eigenvalue weighted by Gasteiger charge is -2.21. The highest BCUT2D eigenvalue weighted by atomic mass is 19.4. The highest BCUT2D eigenvalue weighted by molar-refractivity contribution is 5.93. The summed E-state index contributed by atoms with van der Waals surface area (Å²) in [6.07, 6.45) is -14.8. The van der Waals surface area contributed by atoms with Crippen LogP contribution in [0.3, 0.4) is 0 Å². The molecule has 3 aromatic carbocycles. The predicted molar refractivity (Wildman–Crippen MR) is 108 cm³/mol. The van der Waals surface area contributed by atoms with Crippen LogP contribution in [0.2, 0.25) is 0 Å². The molecule has 0 saturated heterocycles. The number of rotatable bonds is 6. The Bertz CT molecular complexity index is 1020. The predicted octanol–water partition coefficient (Wildman–Crippen LogP) is 6.61. The van der Waals surface area contributed by atoms with E-state index in [-0.39, 0.29) is 22.3 Å². The van der Waals surface area contributed by atoms with Crippen molar-refractivity contribution in [2.45, 2.75) is 24.6 Å². The number of carbonyl (C=O) groups excluding carboxylic acids is 2. The van der Waals surface area contributed by atoms with Gasteiger partial charge < -0.3 is 9.47 Å². The molecule has 0 aromatic heterocycles. The first-order valence-corrected chi connectivity index (χ1v) is 9.72. The van der Waals surface area contributed by atoms with E-state index in [0.29, 0.717) is 0 Å². The molecule has 0 fully saturated rings. The lowest BCUT2D eigenvalue weighted by molar-refractivity contribution is -0.207. The van der Waals surface area contributed by atoms with E-state index in [9.17, 15) is 35.9 Å². The molecule has 10 heteroatoms. The fourth-order valence-corrected chi connectivity index (χ4v) is 3.00. The Morgan fingerprint density at radius 1 is 0.529 bits per heavy atom. The fourth-order valence-electron chi connectivity index (χ4n) is 3.00. The highest BCUT2D eigenvalue weighted by Gasteiger charge is 2.45. The normalized spacial score (nSPS) is 13.6. The van der Waals surface area contributed by atoms with Crippen LogP contribution in [0.15, 0.2) is 84.9 Å². The number of ether oxygens (including phenoxy) is 2. The minimum atomic E-state index is -4.88. The van der Waals surface area contributed by atoms with Crippen LogP contribution < -0.4 is 0 Å². The molecule has 3 rings (SSSR count). The van der Waals surface area contributed by atoms with Gasteiger partial charge in [-0.15, -0.1) is 0 Å². The van der Waals surface area contributed by atoms with Crippen LogP contribution in [0.25, 0.3) is 0 Å². The molecule has 4 nitrogen and oxygen atoms in total. The Morgan fingerprint density at radius 3 is 1.09 bits per heavy atom. The quantitative estimate of drug-likeness (QED) is 0.293. The summed E-state index contributed by atoms with van der Waals surface area (Å²) in [5.74, 6) is -2.66. The van der Waals surface area contributed by atoms with Gasteiger partial charge in [-0.3, -0.25) is 0 Å². The SMILES string of the molecule is O=C(OC(c1ccccc1)C(F)(F)F)c1ccc(C(=O)OC(c2ccccc2)C(F)(F)F)cc1. The van der Waals surface area contributed by atoms with Gasteiger partial charge in [0.15, 0.2) is 0 Å². The average molecular weight is 482 g/mol. The number of benzene rings is 3. The molecule has 3 aromatic rings. The molecule has 0 bridgehead atoms. The van der Waals surface area contributed by atoms with E-state index >= 15 is 0 Å². The molecule has 0 saturated carbocycles. The van der Waals surface area contributed by atoms with Crippen molar-refractivity contribution in [1.29, 1.82) is 0 Å². The second kappa shape index (κ2) is 9.98. The van der Waals surface area contributed by atoms with Crippen molar-refractivity contribution >= 4 is 11.9 Å². The number of carbonyl (C=O) groups is 2. The summed E-state index contributed by atoms with van der Waals surface area (Å²) in [4.78, 5) is 24.5. The smallest absolute Gasteiger partial charge is 0.429 e. The zero-order valence-corrected chi connectivity index (χ0v) is 17.1. The van der Waals surface area contributed by atoms with Crippen molar-refractivity contribution in [2.24, 2.45) is 0 Å². The number of hydrogen-bond acceptors (Lipinski definition) is 4. The number of halogens is 6. The van der Waals surface area contributed by atoms with Gasteiger partial charge in [-0.25, -0.2) is 9.59 Å². The first-order chi connectivity index (χ1) is 16.0. The first-order valence-electron chi connectivity index (χ1n) is 9.72. The Morgan fingerprint density at radius 2 is 0.824 bits per heavy atom. The molecule has 0 aliphatic carbocycles. The highest BCUT2D eigenvalue weighted by Crippen LogP contribution is 2.37. The van der Waals surface area contributed by atoms with Gasteiger partial charge in [-0.05, 0) is 24.3 Å². The minimum Gasteiger partial charge on any atom is -0.444 e. The summed E-state index contributed by atoms with van der Waals surface area (Å²) >= 11 is 0.